The summed E-state index contributed by atoms with van der Waals surface area (Å²) in [4.78, 5) is 33.6. The molecule has 0 aliphatic carbocycles. The molecule has 0 saturated carbocycles. The lowest BCUT2D eigenvalue weighted by molar-refractivity contribution is -0.138. The number of aromatic amines is 1. The quantitative estimate of drug-likeness (QED) is 0.421. The third-order valence-electron chi connectivity index (χ3n) is 6.14. The maximum Gasteiger partial charge on any atom is 0.416 e. The molecule has 0 bridgehead atoms. The second kappa shape index (κ2) is 8.97. The van der Waals surface area contributed by atoms with Crippen LogP contribution in [0.4, 0.5) is 19.1 Å². The van der Waals surface area contributed by atoms with E-state index in [0.29, 0.717) is 47.2 Å². The molecule has 1 saturated heterocycles. The van der Waals surface area contributed by atoms with Crippen molar-refractivity contribution in [3.8, 4) is 22.6 Å². The topological polar surface area (TPSA) is 108 Å². The first-order valence-corrected chi connectivity index (χ1v) is 11.1. The maximum atomic E-state index is 13.0. The molecule has 3 aromatic heterocycles. The number of aliphatic carboxylic acids is 1. The highest BCUT2D eigenvalue weighted by molar-refractivity contribution is 5.80. The molecule has 1 fully saturated rings. The molecule has 4 aromatic rings. The molecule has 0 unspecified atom stereocenters. The van der Waals surface area contributed by atoms with Gasteiger partial charge in [-0.25, -0.2) is 15.0 Å². The van der Waals surface area contributed by atoms with Crippen LogP contribution in [-0.4, -0.2) is 49.1 Å². The molecule has 1 aliphatic heterocycles. The number of hydrogen-bond acceptors (Lipinski definition) is 6. The van der Waals surface area contributed by atoms with E-state index in [1.54, 1.807) is 30.7 Å². The van der Waals surface area contributed by atoms with Gasteiger partial charge in [0.2, 0.25) is 5.95 Å². The maximum absolute atomic E-state index is 13.0. The standard InChI is InChI=1S/C24H21F3N6O2/c25-24(26,27)17-2-4-19-20(10-17)32-22(31-19)15-1-3-18(28-11-15)16-12-29-23(30-13-16)33-7-5-14(6-8-33)9-21(34)35/h1-4,10-14H,5-9H2,(H,31,32)(H,34,35). The van der Waals surface area contributed by atoms with Gasteiger partial charge in [0.05, 0.1) is 22.3 Å². The Balaban J connectivity index is 1.28. The average Bonchev–Trinajstić information content (AvgIpc) is 3.28. The molecule has 8 nitrogen and oxygen atoms in total. The molecule has 35 heavy (non-hydrogen) atoms. The number of H-pyrrole nitrogens is 1. The van der Waals surface area contributed by atoms with Gasteiger partial charge in [-0.05, 0) is 49.1 Å². The summed E-state index contributed by atoms with van der Waals surface area (Å²) in [7, 11) is 0. The first-order valence-electron chi connectivity index (χ1n) is 11.1. The molecular formula is C24H21F3N6O2. The molecule has 11 heteroatoms. The Morgan fingerprint density at radius 2 is 1.74 bits per heavy atom. The number of imidazole rings is 1. The number of rotatable bonds is 5. The lowest BCUT2D eigenvalue weighted by atomic mass is 9.94. The number of carboxylic acids is 1. The van der Waals surface area contributed by atoms with Crippen LogP contribution in [0.1, 0.15) is 24.8 Å². The summed E-state index contributed by atoms with van der Waals surface area (Å²) >= 11 is 0. The summed E-state index contributed by atoms with van der Waals surface area (Å²) in [5.74, 6) is 0.443. The van der Waals surface area contributed by atoms with Crippen LogP contribution < -0.4 is 4.90 Å². The smallest absolute Gasteiger partial charge is 0.416 e. The van der Waals surface area contributed by atoms with Crippen LogP contribution in [0, 0.1) is 5.92 Å². The molecule has 0 radical (unpaired) electrons. The number of halogens is 3. The second-order valence-corrected chi connectivity index (χ2v) is 8.55. The third kappa shape index (κ3) is 4.93. The van der Waals surface area contributed by atoms with Crippen LogP contribution in [0.5, 0.6) is 0 Å². The van der Waals surface area contributed by atoms with Gasteiger partial charge in [-0.2, -0.15) is 13.2 Å². The Morgan fingerprint density at radius 3 is 2.37 bits per heavy atom. The lowest BCUT2D eigenvalue weighted by Crippen LogP contribution is -2.35. The molecule has 5 rings (SSSR count). The second-order valence-electron chi connectivity index (χ2n) is 8.55. The van der Waals surface area contributed by atoms with Crippen molar-refractivity contribution in [1.82, 2.24) is 24.9 Å². The normalized spacial score (nSPS) is 15.0. The largest absolute Gasteiger partial charge is 0.481 e. The number of carbonyl (C=O) groups is 1. The molecule has 1 aromatic carbocycles. The molecule has 0 atom stereocenters. The van der Waals surface area contributed by atoms with Crippen molar-refractivity contribution >= 4 is 23.0 Å². The fourth-order valence-corrected chi connectivity index (χ4v) is 4.23. The summed E-state index contributed by atoms with van der Waals surface area (Å²) < 4.78 is 38.9. The Hall–Kier alpha value is -4.02. The van der Waals surface area contributed by atoms with Gasteiger partial charge in [0.25, 0.3) is 0 Å². The van der Waals surface area contributed by atoms with Crippen molar-refractivity contribution in [2.24, 2.45) is 5.92 Å². The van der Waals surface area contributed by atoms with E-state index >= 15 is 0 Å². The first-order chi connectivity index (χ1) is 16.8. The van der Waals surface area contributed by atoms with Crippen molar-refractivity contribution in [1.29, 1.82) is 0 Å². The number of alkyl halides is 3. The zero-order valence-electron chi connectivity index (χ0n) is 18.5. The van der Waals surface area contributed by atoms with Crippen molar-refractivity contribution < 1.29 is 23.1 Å². The number of benzene rings is 1. The van der Waals surface area contributed by atoms with Crippen LogP contribution in [0.3, 0.4) is 0 Å². The van der Waals surface area contributed by atoms with E-state index in [-0.39, 0.29) is 12.3 Å². The minimum Gasteiger partial charge on any atom is -0.481 e. The van der Waals surface area contributed by atoms with Crippen molar-refractivity contribution in [3.05, 3.63) is 54.5 Å². The number of anilines is 1. The van der Waals surface area contributed by atoms with Gasteiger partial charge in [-0.1, -0.05) is 0 Å². The summed E-state index contributed by atoms with van der Waals surface area (Å²) in [6.07, 6.45) is 2.33. The Morgan fingerprint density at radius 1 is 1.03 bits per heavy atom. The third-order valence-corrected chi connectivity index (χ3v) is 6.14. The summed E-state index contributed by atoms with van der Waals surface area (Å²) in [6.45, 7) is 1.43. The Bertz CT molecular complexity index is 1340. The van der Waals surface area contributed by atoms with Crippen molar-refractivity contribution in [2.45, 2.75) is 25.4 Å². The van der Waals surface area contributed by atoms with E-state index in [9.17, 15) is 18.0 Å². The van der Waals surface area contributed by atoms with Crippen LogP contribution in [0.25, 0.3) is 33.7 Å². The fraction of sp³-hybridized carbons (Fsp3) is 0.292. The highest BCUT2D eigenvalue weighted by atomic mass is 19.4. The molecule has 0 spiro atoms. The number of carboxylic acid groups (broad SMARTS) is 1. The van der Waals surface area contributed by atoms with Crippen LogP contribution >= 0.6 is 0 Å². The highest BCUT2D eigenvalue weighted by Gasteiger charge is 2.30. The number of pyridine rings is 1. The van der Waals surface area contributed by atoms with E-state index < -0.39 is 17.7 Å². The number of hydrogen-bond donors (Lipinski definition) is 2. The first kappa shape index (κ1) is 22.8. The number of fused-ring (bicyclic) bond motifs is 1. The van der Waals surface area contributed by atoms with E-state index in [0.717, 1.165) is 30.5 Å². The average molecular weight is 482 g/mol. The predicted molar refractivity (Wildman–Crippen MR) is 123 cm³/mol. The predicted octanol–water partition coefficient (Wildman–Crippen LogP) is 4.79. The highest BCUT2D eigenvalue weighted by Crippen LogP contribution is 2.32. The Kier molecular flexibility index (Phi) is 5.83. The van der Waals surface area contributed by atoms with E-state index in [4.69, 9.17) is 5.11 Å². The van der Waals surface area contributed by atoms with Gasteiger partial charge >= 0.3 is 12.1 Å². The van der Waals surface area contributed by atoms with E-state index in [2.05, 4.69) is 24.9 Å². The minimum absolute atomic E-state index is 0.184. The van der Waals surface area contributed by atoms with Crippen molar-refractivity contribution in [3.63, 3.8) is 0 Å². The monoisotopic (exact) mass is 482 g/mol. The molecular weight excluding hydrogens is 461 g/mol. The number of nitrogens with one attached hydrogen (secondary N) is 1. The lowest BCUT2D eigenvalue weighted by Gasteiger charge is -2.31. The zero-order chi connectivity index (χ0) is 24.6. The summed E-state index contributed by atoms with van der Waals surface area (Å²) in [5.41, 5.74) is 2.02. The zero-order valence-corrected chi connectivity index (χ0v) is 18.5. The van der Waals surface area contributed by atoms with Crippen LogP contribution in [-0.2, 0) is 11.0 Å². The molecule has 180 valence electrons. The minimum atomic E-state index is -4.42. The Labute approximate surface area is 197 Å². The van der Waals surface area contributed by atoms with Crippen molar-refractivity contribution in [2.75, 3.05) is 18.0 Å². The fourth-order valence-electron chi connectivity index (χ4n) is 4.23. The van der Waals surface area contributed by atoms with Gasteiger partial charge < -0.3 is 15.0 Å². The molecule has 1 aliphatic rings. The molecule has 4 heterocycles. The molecule has 0 amide bonds. The summed E-state index contributed by atoms with van der Waals surface area (Å²) in [5, 5.41) is 8.95. The number of aromatic nitrogens is 5. The molecule has 2 N–H and O–H groups in total. The SMILES string of the molecule is O=C(O)CC1CCN(c2ncc(-c3ccc(-c4nc5ccc(C(F)(F)F)cc5[nH]4)cn3)cn2)CC1. The van der Waals surface area contributed by atoms with Crippen LogP contribution in [0.15, 0.2) is 48.9 Å². The van der Waals surface area contributed by atoms with Gasteiger partial charge in [0, 0.05) is 49.2 Å². The summed E-state index contributed by atoms with van der Waals surface area (Å²) in [6, 6.07) is 6.95. The number of piperidine rings is 1. The van der Waals surface area contributed by atoms with Gasteiger partial charge in [0.1, 0.15) is 5.82 Å². The van der Waals surface area contributed by atoms with Gasteiger partial charge in [-0.3, -0.25) is 9.78 Å². The van der Waals surface area contributed by atoms with E-state index in [1.807, 2.05) is 4.90 Å². The van der Waals surface area contributed by atoms with Gasteiger partial charge in [-0.15, -0.1) is 0 Å². The number of nitrogens with zero attached hydrogens (tertiary/aromatic N) is 5. The van der Waals surface area contributed by atoms with Crippen LogP contribution in [0.2, 0.25) is 0 Å². The van der Waals surface area contributed by atoms with E-state index in [1.165, 1.54) is 6.07 Å². The van der Waals surface area contributed by atoms with Gasteiger partial charge in [0.15, 0.2) is 0 Å².